The van der Waals surface area contributed by atoms with E-state index >= 15 is 0 Å². The van der Waals surface area contributed by atoms with Crippen molar-refractivity contribution in [1.29, 1.82) is 0 Å². The number of carbonyl (C=O) groups excluding carboxylic acids is 1. The maximum absolute atomic E-state index is 12.4. The zero-order valence-electron chi connectivity index (χ0n) is 16.7. The van der Waals surface area contributed by atoms with Gasteiger partial charge in [0.25, 0.3) is 6.01 Å². The van der Waals surface area contributed by atoms with E-state index in [0.717, 1.165) is 74.5 Å². The van der Waals surface area contributed by atoms with Crippen LogP contribution < -0.4 is 10.2 Å². The molecule has 2 fully saturated rings. The van der Waals surface area contributed by atoms with Gasteiger partial charge in [0, 0.05) is 32.2 Å². The molecule has 2 aliphatic heterocycles. The van der Waals surface area contributed by atoms with E-state index in [4.69, 9.17) is 4.42 Å². The minimum Gasteiger partial charge on any atom is -0.423 e. The number of hydrogen-bond acceptors (Lipinski definition) is 5. The van der Waals surface area contributed by atoms with Crippen LogP contribution >= 0.6 is 0 Å². The fourth-order valence-corrected chi connectivity index (χ4v) is 4.35. The van der Waals surface area contributed by atoms with Crippen LogP contribution in [0.25, 0.3) is 11.1 Å². The van der Waals surface area contributed by atoms with Gasteiger partial charge in [-0.1, -0.05) is 24.3 Å². The summed E-state index contributed by atoms with van der Waals surface area (Å²) in [5.41, 5.74) is 2.76. The van der Waals surface area contributed by atoms with Gasteiger partial charge >= 0.3 is 0 Å². The fraction of sp³-hybridized carbons (Fsp3) is 0.545. The van der Waals surface area contributed by atoms with Gasteiger partial charge in [-0.2, -0.15) is 4.98 Å². The zero-order chi connectivity index (χ0) is 19.5. The third kappa shape index (κ3) is 4.22. The molecule has 28 heavy (non-hydrogen) atoms. The fourth-order valence-electron chi connectivity index (χ4n) is 4.35. The zero-order valence-corrected chi connectivity index (χ0v) is 16.7. The summed E-state index contributed by atoms with van der Waals surface area (Å²) in [6, 6.07) is 9.18. The Morgan fingerprint density at radius 1 is 1.25 bits per heavy atom. The number of nitrogens with one attached hydrogen (secondary N) is 1. The lowest BCUT2D eigenvalue weighted by molar-refractivity contribution is -0.126. The van der Waals surface area contributed by atoms with Crippen molar-refractivity contribution in [2.75, 3.05) is 37.6 Å². The van der Waals surface area contributed by atoms with Gasteiger partial charge in [0.1, 0.15) is 5.52 Å². The van der Waals surface area contributed by atoms with Gasteiger partial charge in [0.05, 0.1) is 5.92 Å². The van der Waals surface area contributed by atoms with Gasteiger partial charge < -0.3 is 14.6 Å². The highest BCUT2D eigenvalue weighted by Gasteiger charge is 2.32. The van der Waals surface area contributed by atoms with Crippen LogP contribution in [-0.4, -0.2) is 54.6 Å². The number of rotatable bonds is 5. The molecule has 1 atom stereocenters. The minimum absolute atomic E-state index is 0.100. The summed E-state index contributed by atoms with van der Waals surface area (Å²) in [6.45, 7) is 10.2. The van der Waals surface area contributed by atoms with Gasteiger partial charge in [0.15, 0.2) is 5.58 Å². The van der Waals surface area contributed by atoms with E-state index in [9.17, 15) is 4.79 Å². The number of oxazole rings is 1. The summed E-state index contributed by atoms with van der Waals surface area (Å²) in [5, 5.41) is 3.02. The number of carbonyl (C=O) groups is 1. The van der Waals surface area contributed by atoms with E-state index in [0.29, 0.717) is 12.6 Å². The molecule has 1 N–H and O–H groups in total. The second-order valence-electron chi connectivity index (χ2n) is 8.19. The molecule has 2 aromatic rings. The highest BCUT2D eigenvalue weighted by Crippen LogP contribution is 2.28. The Kier molecular flexibility index (Phi) is 5.67. The second-order valence-corrected chi connectivity index (χ2v) is 8.19. The largest absolute Gasteiger partial charge is 0.423 e. The standard InChI is InChI=1S/C22H30N4O2/c1-16(2)14-23-21(27)17-6-5-11-26(15-17)18-9-12-25(13-10-18)22-24-19-7-3-4-8-20(19)28-22/h3-4,7-8,17-18H,1,5-6,9-15H2,2H3,(H,23,27). The molecule has 0 bridgehead atoms. The number of likely N-dealkylation sites (tertiary alicyclic amines) is 1. The summed E-state index contributed by atoms with van der Waals surface area (Å²) in [6.07, 6.45) is 4.24. The van der Waals surface area contributed by atoms with Crippen molar-refractivity contribution in [3.8, 4) is 0 Å². The van der Waals surface area contributed by atoms with Crippen LogP contribution in [0.4, 0.5) is 6.01 Å². The van der Waals surface area contributed by atoms with Gasteiger partial charge in [-0.05, 0) is 51.3 Å². The number of benzene rings is 1. The predicted octanol–water partition coefficient (Wildman–Crippen LogP) is 3.20. The summed E-state index contributed by atoms with van der Waals surface area (Å²) in [5.74, 6) is 0.278. The second kappa shape index (κ2) is 8.35. The molecule has 1 aromatic heterocycles. The van der Waals surface area contributed by atoms with Crippen LogP contribution in [-0.2, 0) is 4.79 Å². The molecular weight excluding hydrogens is 352 g/mol. The van der Waals surface area contributed by atoms with Gasteiger partial charge in [-0.25, -0.2) is 0 Å². The molecule has 4 rings (SSSR count). The summed E-state index contributed by atoms with van der Waals surface area (Å²) in [4.78, 5) is 21.8. The number of amides is 1. The molecule has 1 unspecified atom stereocenters. The molecule has 6 nitrogen and oxygen atoms in total. The topological polar surface area (TPSA) is 61.6 Å². The summed E-state index contributed by atoms with van der Waals surface area (Å²) >= 11 is 0. The minimum atomic E-state index is 0.100. The first-order valence-corrected chi connectivity index (χ1v) is 10.4. The highest BCUT2D eigenvalue weighted by atomic mass is 16.4. The maximum atomic E-state index is 12.4. The molecule has 0 saturated carbocycles. The Hall–Kier alpha value is -2.34. The highest BCUT2D eigenvalue weighted by molar-refractivity contribution is 5.79. The lowest BCUT2D eigenvalue weighted by Gasteiger charge is -2.41. The molecule has 3 heterocycles. The van der Waals surface area contributed by atoms with Crippen molar-refractivity contribution in [3.05, 3.63) is 36.4 Å². The van der Waals surface area contributed by atoms with E-state index in [1.54, 1.807) is 0 Å². The average molecular weight is 383 g/mol. The monoisotopic (exact) mass is 382 g/mol. The number of hydrogen-bond donors (Lipinski definition) is 1. The van der Waals surface area contributed by atoms with E-state index in [1.165, 1.54) is 0 Å². The number of nitrogens with zero attached hydrogens (tertiary/aromatic N) is 3. The molecular formula is C22H30N4O2. The first-order chi connectivity index (χ1) is 13.6. The SMILES string of the molecule is C=C(C)CNC(=O)C1CCCN(C2CCN(c3nc4ccccc4o3)CC2)C1. The third-order valence-electron chi connectivity index (χ3n) is 5.92. The molecule has 0 radical (unpaired) electrons. The maximum Gasteiger partial charge on any atom is 0.298 e. The Balaban J connectivity index is 1.31. The van der Waals surface area contributed by atoms with Crippen molar-refractivity contribution >= 4 is 23.0 Å². The van der Waals surface area contributed by atoms with Crippen LogP contribution in [0.1, 0.15) is 32.6 Å². The van der Waals surface area contributed by atoms with Crippen molar-refractivity contribution < 1.29 is 9.21 Å². The molecule has 1 amide bonds. The molecule has 0 aliphatic carbocycles. The molecule has 6 heteroatoms. The van der Waals surface area contributed by atoms with Crippen molar-refractivity contribution in [2.45, 2.75) is 38.6 Å². The first-order valence-electron chi connectivity index (χ1n) is 10.4. The Morgan fingerprint density at radius 3 is 2.79 bits per heavy atom. The van der Waals surface area contributed by atoms with E-state index in [-0.39, 0.29) is 11.8 Å². The Morgan fingerprint density at radius 2 is 2.04 bits per heavy atom. The number of para-hydroxylation sites is 2. The van der Waals surface area contributed by atoms with Crippen LogP contribution in [0.2, 0.25) is 0 Å². The van der Waals surface area contributed by atoms with E-state index < -0.39 is 0 Å². The molecule has 0 spiro atoms. The normalized spacial score (nSPS) is 21.8. The van der Waals surface area contributed by atoms with E-state index in [2.05, 4.69) is 26.7 Å². The van der Waals surface area contributed by atoms with Crippen LogP contribution in [0.15, 0.2) is 40.8 Å². The molecule has 2 aliphatic rings. The summed E-state index contributed by atoms with van der Waals surface area (Å²) < 4.78 is 5.92. The number of piperidine rings is 2. The van der Waals surface area contributed by atoms with Crippen molar-refractivity contribution in [2.24, 2.45) is 5.92 Å². The summed E-state index contributed by atoms with van der Waals surface area (Å²) in [7, 11) is 0. The lowest BCUT2D eigenvalue weighted by atomic mass is 9.93. The van der Waals surface area contributed by atoms with Crippen LogP contribution in [0.5, 0.6) is 0 Å². The Bertz CT molecular complexity index is 805. The predicted molar refractivity (Wildman–Crippen MR) is 111 cm³/mol. The van der Waals surface area contributed by atoms with Crippen LogP contribution in [0, 0.1) is 5.92 Å². The molecule has 1 aromatic carbocycles. The van der Waals surface area contributed by atoms with Crippen molar-refractivity contribution in [1.82, 2.24) is 15.2 Å². The molecule has 150 valence electrons. The number of anilines is 1. The molecule has 2 saturated heterocycles. The number of fused-ring (bicyclic) bond motifs is 1. The lowest BCUT2D eigenvalue weighted by Crippen LogP contribution is -2.51. The van der Waals surface area contributed by atoms with Gasteiger partial charge in [-0.15, -0.1) is 0 Å². The first kappa shape index (κ1) is 19.0. The smallest absolute Gasteiger partial charge is 0.298 e. The number of aromatic nitrogens is 1. The van der Waals surface area contributed by atoms with Gasteiger partial charge in [-0.3, -0.25) is 9.69 Å². The van der Waals surface area contributed by atoms with Gasteiger partial charge in [0.2, 0.25) is 5.91 Å². The Labute approximate surface area is 166 Å². The quantitative estimate of drug-likeness (QED) is 0.805. The van der Waals surface area contributed by atoms with Crippen molar-refractivity contribution in [3.63, 3.8) is 0 Å². The third-order valence-corrected chi connectivity index (χ3v) is 5.92. The average Bonchev–Trinajstić information content (AvgIpc) is 3.16. The van der Waals surface area contributed by atoms with Crippen LogP contribution in [0.3, 0.4) is 0 Å². The van der Waals surface area contributed by atoms with E-state index in [1.807, 2.05) is 31.2 Å².